The van der Waals surface area contributed by atoms with Gasteiger partial charge in [0.2, 0.25) is 0 Å². The lowest BCUT2D eigenvalue weighted by Crippen LogP contribution is -2.42. The number of aliphatic imine (C=N–C) groups is 1. The summed E-state index contributed by atoms with van der Waals surface area (Å²) in [6.07, 6.45) is 1.89. The molecule has 2 N–H and O–H groups in total. The minimum absolute atomic E-state index is 0.0315. The van der Waals surface area contributed by atoms with Crippen molar-refractivity contribution < 1.29 is 4.79 Å². The van der Waals surface area contributed by atoms with Crippen molar-refractivity contribution in [2.24, 2.45) is 4.99 Å². The highest BCUT2D eigenvalue weighted by Gasteiger charge is 2.08. The average Bonchev–Trinajstić information content (AvgIpc) is 2.53. The van der Waals surface area contributed by atoms with Crippen LogP contribution < -0.4 is 10.6 Å². The van der Waals surface area contributed by atoms with Crippen molar-refractivity contribution in [2.45, 2.75) is 32.7 Å². The molecule has 122 valence electrons. The van der Waals surface area contributed by atoms with Gasteiger partial charge in [-0.25, -0.2) is 0 Å². The molecule has 22 heavy (non-hydrogen) atoms. The molecule has 0 bridgehead atoms. The van der Waals surface area contributed by atoms with Crippen LogP contribution in [0.25, 0.3) is 0 Å². The van der Waals surface area contributed by atoms with Crippen LogP contribution in [0, 0.1) is 0 Å². The van der Waals surface area contributed by atoms with E-state index in [1.165, 1.54) is 0 Å². The zero-order valence-corrected chi connectivity index (χ0v) is 14.3. The SMILES string of the molecule is CCC(C)NC(=NC)NCCc1cccc(C(=O)N(C)C)c1. The molecule has 0 aliphatic heterocycles. The minimum atomic E-state index is 0.0315. The van der Waals surface area contributed by atoms with E-state index in [0.29, 0.717) is 6.04 Å². The molecule has 0 aromatic heterocycles. The van der Waals surface area contributed by atoms with Crippen molar-refractivity contribution in [1.82, 2.24) is 15.5 Å². The van der Waals surface area contributed by atoms with Crippen LogP contribution in [0.2, 0.25) is 0 Å². The molecule has 1 amide bonds. The van der Waals surface area contributed by atoms with Crippen LogP contribution in [-0.2, 0) is 6.42 Å². The molecule has 1 unspecified atom stereocenters. The molecule has 0 aliphatic carbocycles. The molecule has 0 heterocycles. The van der Waals surface area contributed by atoms with Crippen molar-refractivity contribution >= 4 is 11.9 Å². The largest absolute Gasteiger partial charge is 0.356 e. The second-order valence-electron chi connectivity index (χ2n) is 5.60. The number of carbonyl (C=O) groups is 1. The quantitative estimate of drug-likeness (QED) is 0.623. The van der Waals surface area contributed by atoms with Crippen molar-refractivity contribution in [3.05, 3.63) is 35.4 Å². The van der Waals surface area contributed by atoms with E-state index in [9.17, 15) is 4.79 Å². The fourth-order valence-electron chi connectivity index (χ4n) is 1.97. The summed E-state index contributed by atoms with van der Waals surface area (Å²) in [5, 5.41) is 6.62. The molecule has 0 radical (unpaired) electrons. The summed E-state index contributed by atoms with van der Waals surface area (Å²) in [5.74, 6) is 0.846. The van der Waals surface area contributed by atoms with E-state index in [0.717, 1.165) is 36.5 Å². The number of amides is 1. The summed E-state index contributed by atoms with van der Waals surface area (Å²) in [6, 6.07) is 8.17. The van der Waals surface area contributed by atoms with Crippen LogP contribution in [0.5, 0.6) is 0 Å². The number of hydrogen-bond donors (Lipinski definition) is 2. The first-order valence-corrected chi connectivity index (χ1v) is 7.75. The van der Waals surface area contributed by atoms with Crippen molar-refractivity contribution in [3.8, 4) is 0 Å². The monoisotopic (exact) mass is 304 g/mol. The average molecular weight is 304 g/mol. The van der Waals surface area contributed by atoms with Crippen LogP contribution in [0.15, 0.2) is 29.3 Å². The normalized spacial score (nSPS) is 12.7. The number of guanidine groups is 1. The van der Waals surface area contributed by atoms with Gasteiger partial charge in [-0.1, -0.05) is 19.1 Å². The van der Waals surface area contributed by atoms with Gasteiger partial charge in [0.05, 0.1) is 0 Å². The number of nitrogens with zero attached hydrogens (tertiary/aromatic N) is 2. The van der Waals surface area contributed by atoms with Crippen molar-refractivity contribution in [3.63, 3.8) is 0 Å². The predicted octanol–water partition coefficient (Wildman–Crippen LogP) is 1.89. The van der Waals surface area contributed by atoms with Crippen LogP contribution in [0.4, 0.5) is 0 Å². The molecule has 5 heteroatoms. The van der Waals surface area contributed by atoms with Crippen LogP contribution in [-0.4, -0.2) is 50.5 Å². The van der Waals surface area contributed by atoms with Crippen LogP contribution in [0.3, 0.4) is 0 Å². The summed E-state index contributed by atoms with van der Waals surface area (Å²) in [6.45, 7) is 5.04. The number of hydrogen-bond acceptors (Lipinski definition) is 2. The van der Waals surface area contributed by atoms with Gasteiger partial charge in [0.1, 0.15) is 0 Å². The zero-order chi connectivity index (χ0) is 16.5. The standard InChI is InChI=1S/C17H28N4O/c1-6-13(2)20-17(18-3)19-11-10-14-8-7-9-15(12-14)16(22)21(4)5/h7-9,12-13H,6,10-11H2,1-5H3,(H2,18,19,20). The predicted molar refractivity (Wildman–Crippen MR) is 92.4 cm³/mol. The Labute approximate surface area is 133 Å². The Morgan fingerprint density at radius 3 is 2.68 bits per heavy atom. The number of benzene rings is 1. The number of rotatable bonds is 6. The topological polar surface area (TPSA) is 56.7 Å². The van der Waals surface area contributed by atoms with Crippen molar-refractivity contribution in [1.29, 1.82) is 0 Å². The van der Waals surface area contributed by atoms with Gasteiger partial charge in [0, 0.05) is 39.3 Å². The third-order valence-electron chi connectivity index (χ3n) is 3.51. The Bertz CT molecular complexity index is 511. The summed E-state index contributed by atoms with van der Waals surface area (Å²) in [4.78, 5) is 17.8. The van der Waals surface area contributed by atoms with Gasteiger partial charge in [0.25, 0.3) is 5.91 Å². The van der Waals surface area contributed by atoms with E-state index in [2.05, 4.69) is 29.5 Å². The molecule has 5 nitrogen and oxygen atoms in total. The molecule has 0 spiro atoms. The summed E-state index contributed by atoms with van der Waals surface area (Å²) in [7, 11) is 5.30. The first kappa shape index (κ1) is 18.0. The Morgan fingerprint density at radius 2 is 2.09 bits per heavy atom. The lowest BCUT2D eigenvalue weighted by Gasteiger charge is -2.16. The molecule has 1 rings (SSSR count). The van der Waals surface area contributed by atoms with Gasteiger partial charge in [-0.3, -0.25) is 9.79 Å². The third-order valence-corrected chi connectivity index (χ3v) is 3.51. The number of nitrogens with one attached hydrogen (secondary N) is 2. The maximum Gasteiger partial charge on any atom is 0.253 e. The van der Waals surface area contributed by atoms with E-state index >= 15 is 0 Å². The van der Waals surface area contributed by atoms with Gasteiger partial charge in [-0.15, -0.1) is 0 Å². The van der Waals surface area contributed by atoms with Gasteiger partial charge < -0.3 is 15.5 Å². The Morgan fingerprint density at radius 1 is 1.36 bits per heavy atom. The van der Waals surface area contributed by atoms with E-state index in [1.807, 2.05) is 24.3 Å². The fourth-order valence-corrected chi connectivity index (χ4v) is 1.97. The molecule has 0 saturated heterocycles. The van der Waals surface area contributed by atoms with E-state index < -0.39 is 0 Å². The van der Waals surface area contributed by atoms with E-state index in [4.69, 9.17) is 0 Å². The molecule has 0 fully saturated rings. The molecular weight excluding hydrogens is 276 g/mol. The maximum atomic E-state index is 12.0. The second kappa shape index (κ2) is 9.07. The Kier molecular flexibility index (Phi) is 7.43. The Balaban J connectivity index is 2.54. The second-order valence-corrected chi connectivity index (χ2v) is 5.60. The lowest BCUT2D eigenvalue weighted by atomic mass is 10.1. The summed E-state index contributed by atoms with van der Waals surface area (Å²) < 4.78 is 0. The Hall–Kier alpha value is -2.04. The fraction of sp³-hybridized carbons (Fsp3) is 0.529. The molecule has 0 saturated carbocycles. The lowest BCUT2D eigenvalue weighted by molar-refractivity contribution is 0.0827. The van der Waals surface area contributed by atoms with E-state index in [-0.39, 0.29) is 5.91 Å². The van der Waals surface area contributed by atoms with Gasteiger partial charge in [-0.2, -0.15) is 0 Å². The maximum absolute atomic E-state index is 12.0. The van der Waals surface area contributed by atoms with Crippen molar-refractivity contribution in [2.75, 3.05) is 27.7 Å². The number of carbonyl (C=O) groups excluding carboxylic acids is 1. The third kappa shape index (κ3) is 5.76. The molecular formula is C17H28N4O. The van der Waals surface area contributed by atoms with Gasteiger partial charge in [0.15, 0.2) is 5.96 Å². The van der Waals surface area contributed by atoms with Gasteiger partial charge >= 0.3 is 0 Å². The van der Waals surface area contributed by atoms with Crippen LogP contribution in [0.1, 0.15) is 36.2 Å². The highest BCUT2D eigenvalue weighted by molar-refractivity contribution is 5.94. The van der Waals surface area contributed by atoms with Gasteiger partial charge in [-0.05, 0) is 37.5 Å². The molecule has 1 aromatic rings. The first-order chi connectivity index (χ1) is 10.5. The summed E-state index contributed by atoms with van der Waals surface area (Å²) >= 11 is 0. The highest BCUT2D eigenvalue weighted by Crippen LogP contribution is 2.07. The van der Waals surface area contributed by atoms with E-state index in [1.54, 1.807) is 26.0 Å². The highest BCUT2D eigenvalue weighted by atomic mass is 16.2. The molecule has 1 aromatic carbocycles. The van der Waals surface area contributed by atoms with Crippen LogP contribution >= 0.6 is 0 Å². The molecule has 0 aliphatic rings. The molecule has 1 atom stereocenters. The minimum Gasteiger partial charge on any atom is -0.356 e. The summed E-state index contributed by atoms with van der Waals surface area (Å²) in [5.41, 5.74) is 1.86. The first-order valence-electron chi connectivity index (χ1n) is 7.75. The smallest absolute Gasteiger partial charge is 0.253 e. The zero-order valence-electron chi connectivity index (χ0n) is 14.3.